The van der Waals surface area contributed by atoms with Gasteiger partial charge in [-0.25, -0.2) is 13.1 Å². The summed E-state index contributed by atoms with van der Waals surface area (Å²) in [5.74, 6) is 0.914. The van der Waals surface area contributed by atoms with Gasteiger partial charge < -0.3 is 10.2 Å². The molecular formula is C16H26N4O2S2. The third kappa shape index (κ3) is 3.92. The molecule has 8 heteroatoms. The number of rotatable bonds is 6. The summed E-state index contributed by atoms with van der Waals surface area (Å²) in [4.78, 5) is 6.94. The van der Waals surface area contributed by atoms with Crippen molar-refractivity contribution < 1.29 is 8.42 Å². The van der Waals surface area contributed by atoms with E-state index in [-0.39, 0.29) is 0 Å². The Kier molecular flexibility index (Phi) is 5.46. The average Bonchev–Trinajstić information content (AvgIpc) is 3.19. The summed E-state index contributed by atoms with van der Waals surface area (Å²) in [6.45, 7) is 5.77. The topological polar surface area (TPSA) is 73.8 Å². The molecular weight excluding hydrogens is 344 g/mol. The number of hydrogen-bond acceptors (Lipinski definition) is 4. The second kappa shape index (κ2) is 7.41. The first kappa shape index (κ1) is 17.7. The van der Waals surface area contributed by atoms with E-state index in [9.17, 15) is 8.42 Å². The van der Waals surface area contributed by atoms with E-state index in [2.05, 4.69) is 26.9 Å². The molecule has 0 amide bonds. The lowest BCUT2D eigenvalue weighted by Gasteiger charge is -2.38. The van der Waals surface area contributed by atoms with Crippen molar-refractivity contribution in [2.75, 3.05) is 32.7 Å². The van der Waals surface area contributed by atoms with Crippen LogP contribution in [-0.4, -0.2) is 52.0 Å². The van der Waals surface area contributed by atoms with Gasteiger partial charge in [-0.1, -0.05) is 12.5 Å². The van der Waals surface area contributed by atoms with Gasteiger partial charge in [0.1, 0.15) is 4.21 Å². The molecule has 24 heavy (non-hydrogen) atoms. The summed E-state index contributed by atoms with van der Waals surface area (Å²) in [7, 11) is -3.39. The molecule has 2 N–H and O–H groups in total. The maximum absolute atomic E-state index is 12.1. The van der Waals surface area contributed by atoms with Crippen molar-refractivity contribution in [3.63, 3.8) is 0 Å². The van der Waals surface area contributed by atoms with Gasteiger partial charge in [0, 0.05) is 26.2 Å². The highest BCUT2D eigenvalue weighted by Gasteiger charge is 2.43. The summed E-state index contributed by atoms with van der Waals surface area (Å²) < 4.78 is 27.1. The van der Waals surface area contributed by atoms with E-state index in [4.69, 9.17) is 0 Å². The van der Waals surface area contributed by atoms with Crippen molar-refractivity contribution in [2.24, 2.45) is 10.4 Å². The minimum atomic E-state index is -3.39. The van der Waals surface area contributed by atoms with Gasteiger partial charge in [-0.05, 0) is 43.0 Å². The van der Waals surface area contributed by atoms with Gasteiger partial charge in [-0.2, -0.15) is 0 Å². The standard InChI is InChI=1S/C16H26N4O2S2/c1-2-17-15(20-11-8-16(13-20)6-4-7-16)18-9-10-19-24(21,22)14-5-3-12-23-14/h3,5,12,19H,2,4,6-11,13H2,1H3,(H,17,18). The van der Waals surface area contributed by atoms with Gasteiger partial charge in [-0.3, -0.25) is 4.99 Å². The lowest BCUT2D eigenvalue weighted by molar-refractivity contribution is 0.151. The molecule has 1 spiro atoms. The van der Waals surface area contributed by atoms with Crippen molar-refractivity contribution in [2.45, 2.75) is 36.8 Å². The van der Waals surface area contributed by atoms with Crippen molar-refractivity contribution in [1.29, 1.82) is 0 Å². The fourth-order valence-corrected chi connectivity index (χ4v) is 5.51. The van der Waals surface area contributed by atoms with Gasteiger partial charge in [0.25, 0.3) is 0 Å². The Labute approximate surface area is 148 Å². The van der Waals surface area contributed by atoms with E-state index in [0.717, 1.165) is 25.6 Å². The highest BCUT2D eigenvalue weighted by molar-refractivity contribution is 7.91. The zero-order valence-corrected chi connectivity index (χ0v) is 15.8. The molecule has 1 saturated carbocycles. The first-order valence-electron chi connectivity index (χ1n) is 8.61. The van der Waals surface area contributed by atoms with Gasteiger partial charge in [0.05, 0.1) is 6.54 Å². The van der Waals surface area contributed by atoms with Crippen LogP contribution in [0.4, 0.5) is 0 Å². The maximum atomic E-state index is 12.1. The van der Waals surface area contributed by atoms with Crippen LogP contribution in [-0.2, 0) is 10.0 Å². The normalized spacial score (nSPS) is 20.4. The molecule has 2 heterocycles. The van der Waals surface area contributed by atoms with Gasteiger partial charge >= 0.3 is 0 Å². The molecule has 0 unspecified atom stereocenters. The largest absolute Gasteiger partial charge is 0.357 e. The van der Waals surface area contributed by atoms with Gasteiger partial charge in [0.15, 0.2) is 5.96 Å². The molecule has 2 fully saturated rings. The van der Waals surface area contributed by atoms with E-state index < -0.39 is 10.0 Å². The van der Waals surface area contributed by atoms with Gasteiger partial charge in [0.2, 0.25) is 10.0 Å². The highest BCUT2D eigenvalue weighted by Crippen LogP contribution is 2.47. The summed E-state index contributed by atoms with van der Waals surface area (Å²) in [5.41, 5.74) is 0.525. The fraction of sp³-hybridized carbons (Fsp3) is 0.688. The van der Waals surface area contributed by atoms with Crippen LogP contribution in [0.1, 0.15) is 32.6 Å². The Hall–Kier alpha value is -1.12. The molecule has 6 nitrogen and oxygen atoms in total. The monoisotopic (exact) mass is 370 g/mol. The quantitative estimate of drug-likeness (QED) is 0.455. The third-order valence-corrected chi connectivity index (χ3v) is 7.77. The zero-order valence-electron chi connectivity index (χ0n) is 14.1. The van der Waals surface area contributed by atoms with Crippen LogP contribution in [0.2, 0.25) is 0 Å². The SMILES string of the molecule is CCNC(=NCCNS(=O)(=O)c1cccs1)N1CCC2(CCC2)C1. The number of nitrogens with zero attached hydrogens (tertiary/aromatic N) is 2. The maximum Gasteiger partial charge on any atom is 0.250 e. The summed E-state index contributed by atoms with van der Waals surface area (Å²) in [5, 5.41) is 5.10. The van der Waals surface area contributed by atoms with Crippen molar-refractivity contribution in [3.05, 3.63) is 17.5 Å². The van der Waals surface area contributed by atoms with E-state index in [1.165, 1.54) is 37.0 Å². The molecule has 0 bridgehead atoms. The third-order valence-electron chi connectivity index (χ3n) is 4.91. The predicted molar refractivity (Wildman–Crippen MR) is 98.0 cm³/mol. The van der Waals surface area contributed by atoms with Crippen LogP contribution in [0.25, 0.3) is 0 Å². The van der Waals surface area contributed by atoms with E-state index in [0.29, 0.717) is 22.7 Å². The van der Waals surface area contributed by atoms with Crippen LogP contribution in [0.5, 0.6) is 0 Å². The first-order valence-corrected chi connectivity index (χ1v) is 11.0. The van der Waals surface area contributed by atoms with Crippen LogP contribution in [0.3, 0.4) is 0 Å². The van der Waals surface area contributed by atoms with Crippen LogP contribution >= 0.6 is 11.3 Å². The van der Waals surface area contributed by atoms with E-state index in [1.54, 1.807) is 17.5 Å². The minimum absolute atomic E-state index is 0.314. The molecule has 1 aliphatic heterocycles. The minimum Gasteiger partial charge on any atom is -0.357 e. The molecule has 134 valence electrons. The number of nitrogens with one attached hydrogen (secondary N) is 2. The zero-order chi connectivity index (χ0) is 17.0. The summed E-state index contributed by atoms with van der Waals surface area (Å²) >= 11 is 1.22. The Morgan fingerprint density at radius 2 is 2.25 bits per heavy atom. The molecule has 1 aromatic heterocycles. The molecule has 0 aromatic carbocycles. The molecule has 1 aliphatic carbocycles. The smallest absolute Gasteiger partial charge is 0.250 e. The Balaban J connectivity index is 1.53. The second-order valence-electron chi connectivity index (χ2n) is 6.59. The fourth-order valence-electron chi connectivity index (χ4n) is 3.46. The molecule has 0 atom stereocenters. The molecule has 0 radical (unpaired) electrons. The molecule has 2 aliphatic rings. The number of guanidine groups is 1. The Morgan fingerprint density at radius 1 is 1.42 bits per heavy atom. The number of thiophene rings is 1. The van der Waals surface area contributed by atoms with Crippen LogP contribution in [0.15, 0.2) is 26.7 Å². The van der Waals surface area contributed by atoms with Crippen LogP contribution < -0.4 is 10.0 Å². The number of hydrogen-bond donors (Lipinski definition) is 2. The second-order valence-corrected chi connectivity index (χ2v) is 9.53. The average molecular weight is 371 g/mol. The number of sulfonamides is 1. The van der Waals surface area contributed by atoms with Crippen LogP contribution in [0, 0.1) is 5.41 Å². The Bertz CT molecular complexity index is 666. The van der Waals surface area contributed by atoms with Gasteiger partial charge in [-0.15, -0.1) is 11.3 Å². The lowest BCUT2D eigenvalue weighted by Crippen LogP contribution is -2.43. The van der Waals surface area contributed by atoms with E-state index in [1.807, 2.05) is 0 Å². The molecule has 3 rings (SSSR count). The van der Waals surface area contributed by atoms with Crippen molar-refractivity contribution in [1.82, 2.24) is 14.9 Å². The number of aliphatic imine (C=N–C) groups is 1. The summed E-state index contributed by atoms with van der Waals surface area (Å²) in [6.07, 6.45) is 5.28. The summed E-state index contributed by atoms with van der Waals surface area (Å²) in [6, 6.07) is 3.35. The Morgan fingerprint density at radius 3 is 2.83 bits per heavy atom. The predicted octanol–water partition coefficient (Wildman–Crippen LogP) is 1.87. The molecule has 1 saturated heterocycles. The molecule has 1 aromatic rings. The van der Waals surface area contributed by atoms with Crippen molar-refractivity contribution in [3.8, 4) is 0 Å². The first-order chi connectivity index (χ1) is 11.5. The lowest BCUT2D eigenvalue weighted by atomic mass is 9.68. The van der Waals surface area contributed by atoms with E-state index >= 15 is 0 Å². The number of likely N-dealkylation sites (tertiary alicyclic amines) is 1. The van der Waals surface area contributed by atoms with Crippen molar-refractivity contribution >= 4 is 27.3 Å². The highest BCUT2D eigenvalue weighted by atomic mass is 32.2.